The van der Waals surface area contributed by atoms with Crippen molar-refractivity contribution < 1.29 is 22.7 Å². The van der Waals surface area contributed by atoms with Gasteiger partial charge in [-0.1, -0.05) is 23.7 Å². The van der Waals surface area contributed by atoms with E-state index < -0.39 is 17.8 Å². The number of pyridine rings is 1. The van der Waals surface area contributed by atoms with Crippen LogP contribution in [-0.4, -0.2) is 44.4 Å². The van der Waals surface area contributed by atoms with E-state index in [0.717, 1.165) is 11.6 Å². The fourth-order valence-electron chi connectivity index (χ4n) is 4.09. The first-order valence-electron chi connectivity index (χ1n) is 10.7. The van der Waals surface area contributed by atoms with Gasteiger partial charge in [-0.25, -0.2) is 15.0 Å². The monoisotopic (exact) mass is 490 g/mol. The van der Waals surface area contributed by atoms with Crippen LogP contribution in [0.4, 0.5) is 13.2 Å². The lowest BCUT2D eigenvalue weighted by Gasteiger charge is -2.39. The number of carbonyl (C=O) groups is 1. The van der Waals surface area contributed by atoms with E-state index in [0.29, 0.717) is 42.5 Å². The quantitative estimate of drug-likeness (QED) is 0.477. The van der Waals surface area contributed by atoms with Crippen LogP contribution in [0.5, 0.6) is 5.88 Å². The van der Waals surface area contributed by atoms with Crippen LogP contribution in [0, 0.1) is 6.92 Å². The molecule has 178 valence electrons. The lowest BCUT2D eigenvalue weighted by atomic mass is 9.95. The number of amides is 1. The zero-order chi connectivity index (χ0) is 24.5. The number of alkyl halides is 3. The molecule has 1 aromatic carbocycles. The molecule has 1 amide bonds. The Morgan fingerprint density at radius 2 is 1.91 bits per heavy atom. The van der Waals surface area contributed by atoms with Gasteiger partial charge >= 0.3 is 6.18 Å². The minimum atomic E-state index is -4.55. The number of nitrogens with zero attached hydrogens (tertiary/aromatic N) is 4. The number of carbonyl (C=O) groups excluding carboxylic acids is 1. The summed E-state index contributed by atoms with van der Waals surface area (Å²) >= 11 is 6.02. The fraction of sp³-hybridized carbons (Fsp3) is 0.333. The maximum Gasteiger partial charge on any atom is 0.417 e. The molecular formula is C24H22ClF3N4O2. The Balaban J connectivity index is 1.58. The van der Waals surface area contributed by atoms with E-state index in [4.69, 9.17) is 16.3 Å². The number of hydrogen-bond acceptors (Lipinski definition) is 5. The molecule has 0 spiro atoms. The van der Waals surface area contributed by atoms with E-state index in [1.54, 1.807) is 29.4 Å². The number of aryl methyl sites for hydroxylation is 1. The number of aromatic nitrogens is 3. The predicted octanol–water partition coefficient (Wildman–Crippen LogP) is 5.59. The van der Waals surface area contributed by atoms with Gasteiger partial charge < -0.3 is 9.64 Å². The average molecular weight is 491 g/mol. The van der Waals surface area contributed by atoms with Gasteiger partial charge in [0.05, 0.1) is 17.2 Å². The zero-order valence-corrected chi connectivity index (χ0v) is 19.3. The van der Waals surface area contributed by atoms with Crippen LogP contribution >= 0.6 is 11.6 Å². The van der Waals surface area contributed by atoms with E-state index in [1.165, 1.54) is 0 Å². The Morgan fingerprint density at radius 1 is 1.18 bits per heavy atom. The molecule has 1 saturated heterocycles. The summed E-state index contributed by atoms with van der Waals surface area (Å²) in [6.45, 7) is 4.25. The first kappa shape index (κ1) is 23.9. The maximum absolute atomic E-state index is 13.6. The van der Waals surface area contributed by atoms with Gasteiger partial charge in [0, 0.05) is 30.7 Å². The highest BCUT2D eigenvalue weighted by atomic mass is 35.5. The van der Waals surface area contributed by atoms with Crippen LogP contribution in [0.1, 0.15) is 41.3 Å². The summed E-state index contributed by atoms with van der Waals surface area (Å²) in [5.41, 5.74) is 1.06. The lowest BCUT2D eigenvalue weighted by Crippen LogP contribution is -2.51. The van der Waals surface area contributed by atoms with Crippen LogP contribution in [-0.2, 0) is 6.18 Å². The molecule has 1 aliphatic rings. The van der Waals surface area contributed by atoms with Crippen LogP contribution in [0.3, 0.4) is 0 Å². The van der Waals surface area contributed by atoms with Gasteiger partial charge in [-0.2, -0.15) is 13.2 Å². The third kappa shape index (κ3) is 4.84. The molecule has 4 rings (SSSR count). The lowest BCUT2D eigenvalue weighted by molar-refractivity contribution is -0.137. The third-order valence-corrected chi connectivity index (χ3v) is 6.14. The van der Waals surface area contributed by atoms with Gasteiger partial charge in [0.15, 0.2) is 5.82 Å². The van der Waals surface area contributed by atoms with Gasteiger partial charge in [-0.15, -0.1) is 0 Å². The predicted molar refractivity (Wildman–Crippen MR) is 121 cm³/mol. The normalized spacial score (nSPS) is 18.6. The summed E-state index contributed by atoms with van der Waals surface area (Å²) in [5, 5.41) is -0.229. The first-order chi connectivity index (χ1) is 16.2. The van der Waals surface area contributed by atoms with Gasteiger partial charge in [-0.05, 0) is 50.5 Å². The molecule has 0 aliphatic carbocycles. The molecule has 10 heteroatoms. The molecule has 1 fully saturated rings. The van der Waals surface area contributed by atoms with Crippen LogP contribution < -0.4 is 4.74 Å². The maximum atomic E-state index is 13.6. The number of ether oxygens (including phenoxy) is 1. The molecule has 0 bridgehead atoms. The zero-order valence-electron chi connectivity index (χ0n) is 18.5. The summed E-state index contributed by atoms with van der Waals surface area (Å²) in [4.78, 5) is 27.7. The number of benzene rings is 1. The Bertz CT molecular complexity index is 1190. The molecule has 0 saturated carbocycles. The Labute approximate surface area is 199 Å². The van der Waals surface area contributed by atoms with E-state index in [-0.39, 0.29) is 22.9 Å². The van der Waals surface area contributed by atoms with Crippen molar-refractivity contribution in [2.45, 2.75) is 45.0 Å². The summed E-state index contributed by atoms with van der Waals surface area (Å²) in [6.07, 6.45) is 0.157. The molecule has 1 aliphatic heterocycles. The van der Waals surface area contributed by atoms with Crippen molar-refractivity contribution in [3.63, 3.8) is 0 Å². The second kappa shape index (κ2) is 9.58. The number of hydrogen-bond donors (Lipinski definition) is 0. The molecule has 0 N–H and O–H groups in total. The number of halogens is 4. The van der Waals surface area contributed by atoms with E-state index in [2.05, 4.69) is 15.0 Å². The average Bonchev–Trinajstić information content (AvgIpc) is 2.81. The van der Waals surface area contributed by atoms with Crippen molar-refractivity contribution in [1.29, 1.82) is 0 Å². The van der Waals surface area contributed by atoms with Gasteiger partial charge in [0.2, 0.25) is 5.88 Å². The molecular weight excluding hydrogens is 469 g/mol. The van der Waals surface area contributed by atoms with Gasteiger partial charge in [-0.3, -0.25) is 4.79 Å². The Hall–Kier alpha value is -3.20. The third-order valence-electron chi connectivity index (χ3n) is 5.87. The summed E-state index contributed by atoms with van der Waals surface area (Å²) in [6, 6.07) is 7.58. The highest BCUT2D eigenvalue weighted by molar-refractivity contribution is 6.31. The van der Waals surface area contributed by atoms with Gasteiger partial charge in [0.1, 0.15) is 11.1 Å². The largest absolute Gasteiger partial charge is 0.471 e. The van der Waals surface area contributed by atoms with Crippen LogP contribution in [0.25, 0.3) is 11.4 Å². The van der Waals surface area contributed by atoms with E-state index in [9.17, 15) is 18.0 Å². The second-order valence-electron chi connectivity index (χ2n) is 8.12. The van der Waals surface area contributed by atoms with Crippen molar-refractivity contribution in [3.8, 4) is 17.3 Å². The van der Waals surface area contributed by atoms with Crippen molar-refractivity contribution in [3.05, 3.63) is 70.6 Å². The van der Waals surface area contributed by atoms with E-state index >= 15 is 0 Å². The molecule has 0 radical (unpaired) electrons. The molecule has 3 heterocycles. The minimum absolute atomic E-state index is 0.0882. The van der Waals surface area contributed by atoms with E-state index in [1.807, 2.05) is 26.0 Å². The molecule has 3 aromatic rings. The number of likely N-dealkylation sites (tertiary alicyclic amines) is 1. The standard InChI is InChI=1S/C24H22ClF3N4O2/c1-14-6-3-7-17(20(14)21-29-9-5-10-30-21)23(33)32-11-4-8-19(15(32)2)34-22-18(25)12-16(13-31-22)24(26,27)28/h3,5-7,9-10,12-13,15,19H,4,8,11H2,1-2H3. The van der Waals surface area contributed by atoms with Crippen molar-refractivity contribution >= 4 is 17.5 Å². The Morgan fingerprint density at radius 3 is 2.59 bits per heavy atom. The topological polar surface area (TPSA) is 68.2 Å². The first-order valence-corrected chi connectivity index (χ1v) is 11.1. The van der Waals surface area contributed by atoms with Gasteiger partial charge in [0.25, 0.3) is 5.91 Å². The highest BCUT2D eigenvalue weighted by Gasteiger charge is 2.36. The Kier molecular flexibility index (Phi) is 6.74. The number of rotatable bonds is 4. The molecule has 2 unspecified atom stereocenters. The minimum Gasteiger partial charge on any atom is -0.471 e. The highest BCUT2D eigenvalue weighted by Crippen LogP contribution is 2.35. The van der Waals surface area contributed by atoms with Crippen molar-refractivity contribution in [2.24, 2.45) is 0 Å². The van der Waals surface area contributed by atoms with Crippen LogP contribution in [0.2, 0.25) is 5.02 Å². The fourth-order valence-corrected chi connectivity index (χ4v) is 4.30. The second-order valence-corrected chi connectivity index (χ2v) is 8.52. The SMILES string of the molecule is Cc1cccc(C(=O)N2CCCC(Oc3ncc(C(F)(F)F)cc3Cl)C2C)c1-c1ncccn1. The molecule has 2 atom stereocenters. The molecule has 6 nitrogen and oxygen atoms in total. The van der Waals surface area contributed by atoms with Crippen molar-refractivity contribution in [1.82, 2.24) is 19.9 Å². The summed E-state index contributed by atoms with van der Waals surface area (Å²) in [5.74, 6) is 0.176. The molecule has 34 heavy (non-hydrogen) atoms. The number of piperidine rings is 1. The summed E-state index contributed by atoms with van der Waals surface area (Å²) in [7, 11) is 0. The van der Waals surface area contributed by atoms with Crippen LogP contribution in [0.15, 0.2) is 48.9 Å². The smallest absolute Gasteiger partial charge is 0.417 e. The summed E-state index contributed by atoms with van der Waals surface area (Å²) < 4.78 is 44.6. The molecule has 2 aromatic heterocycles. The van der Waals surface area contributed by atoms with Crippen molar-refractivity contribution in [2.75, 3.05) is 6.54 Å².